The number of aliphatic hydroxyl groups excluding tert-OH is 1. The third-order valence-corrected chi connectivity index (χ3v) is 3.81. The lowest BCUT2D eigenvalue weighted by Gasteiger charge is -2.09. The summed E-state index contributed by atoms with van der Waals surface area (Å²) in [4.78, 5) is 10.3. The van der Waals surface area contributed by atoms with Crippen molar-refractivity contribution in [2.24, 2.45) is 5.73 Å². The molecule has 4 heteroatoms. The minimum atomic E-state index is -0.00947. The summed E-state index contributed by atoms with van der Waals surface area (Å²) in [7, 11) is 1.00. The Labute approximate surface area is 150 Å². The zero-order valence-electron chi connectivity index (χ0n) is 14.9. The Balaban J connectivity index is 0.00000151. The van der Waals surface area contributed by atoms with Crippen molar-refractivity contribution < 1.29 is 14.6 Å². The highest BCUT2D eigenvalue weighted by molar-refractivity contribution is 5.50. The SMILES string of the molecule is CO.NC(CC=O)CCCCOc1ccc(Cc2ccccc2)cc1. The topological polar surface area (TPSA) is 72.5 Å². The maximum Gasteiger partial charge on any atom is 0.121 e. The van der Waals surface area contributed by atoms with Gasteiger partial charge in [0.05, 0.1) is 6.61 Å². The highest BCUT2D eigenvalue weighted by Crippen LogP contribution is 2.16. The summed E-state index contributed by atoms with van der Waals surface area (Å²) in [6.45, 7) is 0.686. The Kier molecular flexibility index (Phi) is 11.0. The van der Waals surface area contributed by atoms with Crippen LogP contribution in [0.15, 0.2) is 54.6 Å². The number of nitrogens with two attached hydrogens (primary N) is 1. The fraction of sp³-hybridized carbons (Fsp3) is 0.381. The summed E-state index contributed by atoms with van der Waals surface area (Å²) in [6, 6.07) is 18.7. The fourth-order valence-corrected chi connectivity index (χ4v) is 2.48. The summed E-state index contributed by atoms with van der Waals surface area (Å²) < 4.78 is 5.74. The van der Waals surface area contributed by atoms with Crippen molar-refractivity contribution >= 4 is 6.29 Å². The molecule has 0 aliphatic heterocycles. The van der Waals surface area contributed by atoms with E-state index in [4.69, 9.17) is 15.6 Å². The molecule has 0 saturated carbocycles. The first-order valence-corrected chi connectivity index (χ1v) is 8.67. The first-order valence-electron chi connectivity index (χ1n) is 8.67. The van der Waals surface area contributed by atoms with Crippen LogP contribution in [0.5, 0.6) is 5.75 Å². The second kappa shape index (κ2) is 13.2. The third kappa shape index (κ3) is 9.03. The molecule has 2 aromatic carbocycles. The van der Waals surface area contributed by atoms with E-state index in [1.165, 1.54) is 11.1 Å². The monoisotopic (exact) mass is 343 g/mol. The molecule has 0 spiro atoms. The second-order valence-electron chi connectivity index (χ2n) is 5.81. The Morgan fingerprint density at radius 2 is 1.64 bits per heavy atom. The van der Waals surface area contributed by atoms with Crippen LogP contribution in [0.2, 0.25) is 0 Å². The minimum Gasteiger partial charge on any atom is -0.494 e. The molecule has 0 radical (unpaired) electrons. The van der Waals surface area contributed by atoms with Crippen molar-refractivity contribution in [1.29, 1.82) is 0 Å². The fourth-order valence-electron chi connectivity index (χ4n) is 2.48. The molecule has 0 aliphatic carbocycles. The van der Waals surface area contributed by atoms with E-state index < -0.39 is 0 Å². The summed E-state index contributed by atoms with van der Waals surface area (Å²) in [5.74, 6) is 0.902. The number of carbonyl (C=O) groups is 1. The maximum absolute atomic E-state index is 10.3. The van der Waals surface area contributed by atoms with Crippen molar-refractivity contribution in [2.45, 2.75) is 38.1 Å². The summed E-state index contributed by atoms with van der Waals surface area (Å²) in [5, 5.41) is 7.00. The van der Waals surface area contributed by atoms with Gasteiger partial charge in [-0.2, -0.15) is 0 Å². The van der Waals surface area contributed by atoms with Gasteiger partial charge in [-0.15, -0.1) is 0 Å². The predicted octanol–water partition coefficient (Wildman–Crippen LogP) is 3.35. The number of aliphatic hydroxyl groups is 1. The second-order valence-corrected chi connectivity index (χ2v) is 5.81. The summed E-state index contributed by atoms with van der Waals surface area (Å²) in [5.41, 5.74) is 8.38. The molecule has 0 saturated heterocycles. The molecule has 0 amide bonds. The molecular formula is C21H29NO3. The molecule has 0 aliphatic rings. The molecule has 2 aromatic rings. The van der Waals surface area contributed by atoms with Gasteiger partial charge in [0.2, 0.25) is 0 Å². The first-order chi connectivity index (χ1) is 12.3. The number of unbranched alkanes of at least 4 members (excludes halogenated alkanes) is 1. The Hall–Kier alpha value is -2.17. The lowest BCUT2D eigenvalue weighted by Crippen LogP contribution is -2.20. The van der Waals surface area contributed by atoms with E-state index in [0.717, 1.165) is 44.8 Å². The number of hydrogen-bond acceptors (Lipinski definition) is 4. The quantitative estimate of drug-likeness (QED) is 0.512. The number of aldehydes is 1. The van der Waals surface area contributed by atoms with Crippen molar-refractivity contribution in [1.82, 2.24) is 0 Å². The van der Waals surface area contributed by atoms with E-state index in [-0.39, 0.29) is 6.04 Å². The molecule has 25 heavy (non-hydrogen) atoms. The number of rotatable bonds is 10. The molecule has 2 rings (SSSR count). The average Bonchev–Trinajstić information content (AvgIpc) is 2.65. The molecule has 136 valence electrons. The normalized spacial score (nSPS) is 11.2. The van der Waals surface area contributed by atoms with Crippen LogP contribution in [0.3, 0.4) is 0 Å². The van der Waals surface area contributed by atoms with Crippen molar-refractivity contribution in [3.63, 3.8) is 0 Å². The van der Waals surface area contributed by atoms with Gasteiger partial charge in [-0.1, -0.05) is 42.5 Å². The molecule has 3 N–H and O–H groups in total. The Morgan fingerprint density at radius 3 is 2.28 bits per heavy atom. The van der Waals surface area contributed by atoms with E-state index in [1.54, 1.807) is 0 Å². The van der Waals surface area contributed by atoms with Gasteiger partial charge >= 0.3 is 0 Å². The number of hydrogen-bond donors (Lipinski definition) is 2. The molecule has 0 bridgehead atoms. The van der Waals surface area contributed by atoms with Crippen LogP contribution in [-0.2, 0) is 11.2 Å². The minimum absolute atomic E-state index is 0.00947. The third-order valence-electron chi connectivity index (χ3n) is 3.81. The van der Waals surface area contributed by atoms with Gasteiger partial charge in [-0.25, -0.2) is 0 Å². The standard InChI is InChI=1S/C20H25NO2.CH4O/c21-19(13-14-22)8-4-5-15-23-20-11-9-18(10-12-20)16-17-6-2-1-3-7-17;1-2/h1-3,6-7,9-12,14,19H,4-5,8,13,15-16,21H2;2H,1H3. The smallest absolute Gasteiger partial charge is 0.121 e. The van der Waals surface area contributed by atoms with Gasteiger partial charge < -0.3 is 20.4 Å². The average molecular weight is 343 g/mol. The predicted molar refractivity (Wildman–Crippen MR) is 102 cm³/mol. The van der Waals surface area contributed by atoms with E-state index >= 15 is 0 Å². The van der Waals surface area contributed by atoms with Crippen LogP contribution in [0, 0.1) is 0 Å². The van der Waals surface area contributed by atoms with E-state index in [1.807, 2.05) is 18.2 Å². The van der Waals surface area contributed by atoms with Gasteiger partial charge in [0.25, 0.3) is 0 Å². The number of benzene rings is 2. The molecule has 1 unspecified atom stereocenters. The molecular weight excluding hydrogens is 314 g/mol. The van der Waals surface area contributed by atoms with Gasteiger partial charge in [0.15, 0.2) is 0 Å². The first kappa shape index (κ1) is 20.9. The molecule has 1 atom stereocenters. The van der Waals surface area contributed by atoms with Gasteiger partial charge in [-0.3, -0.25) is 0 Å². The Bertz CT molecular complexity index is 569. The Morgan fingerprint density at radius 1 is 1.00 bits per heavy atom. The zero-order valence-corrected chi connectivity index (χ0v) is 14.9. The van der Waals surface area contributed by atoms with Crippen molar-refractivity contribution in [3.05, 3.63) is 65.7 Å². The number of carbonyl (C=O) groups excluding carboxylic acids is 1. The lowest BCUT2D eigenvalue weighted by molar-refractivity contribution is -0.108. The van der Waals surface area contributed by atoms with Gasteiger partial charge in [0, 0.05) is 19.6 Å². The lowest BCUT2D eigenvalue weighted by atomic mass is 10.1. The highest BCUT2D eigenvalue weighted by Gasteiger charge is 2.01. The summed E-state index contributed by atoms with van der Waals surface area (Å²) in [6.07, 6.45) is 5.09. The van der Waals surface area contributed by atoms with Crippen LogP contribution < -0.4 is 10.5 Å². The van der Waals surface area contributed by atoms with Crippen LogP contribution >= 0.6 is 0 Å². The molecule has 4 nitrogen and oxygen atoms in total. The zero-order chi connectivity index (χ0) is 18.3. The highest BCUT2D eigenvalue weighted by atomic mass is 16.5. The van der Waals surface area contributed by atoms with E-state index in [0.29, 0.717) is 13.0 Å². The number of ether oxygens (including phenoxy) is 1. The van der Waals surface area contributed by atoms with Crippen LogP contribution in [0.1, 0.15) is 36.8 Å². The van der Waals surface area contributed by atoms with Crippen molar-refractivity contribution in [3.8, 4) is 5.75 Å². The maximum atomic E-state index is 10.3. The molecule has 0 fully saturated rings. The van der Waals surface area contributed by atoms with Crippen molar-refractivity contribution in [2.75, 3.05) is 13.7 Å². The van der Waals surface area contributed by atoms with E-state index in [2.05, 4.69) is 36.4 Å². The van der Waals surface area contributed by atoms with Crippen LogP contribution in [-0.4, -0.2) is 31.2 Å². The summed E-state index contributed by atoms with van der Waals surface area (Å²) >= 11 is 0. The molecule has 0 heterocycles. The van der Waals surface area contributed by atoms with Crippen LogP contribution in [0.25, 0.3) is 0 Å². The van der Waals surface area contributed by atoms with Crippen LogP contribution in [0.4, 0.5) is 0 Å². The largest absolute Gasteiger partial charge is 0.494 e. The van der Waals surface area contributed by atoms with Gasteiger partial charge in [0.1, 0.15) is 12.0 Å². The molecule has 0 aromatic heterocycles. The van der Waals surface area contributed by atoms with Gasteiger partial charge in [-0.05, 0) is 48.9 Å². The van der Waals surface area contributed by atoms with E-state index in [9.17, 15) is 4.79 Å².